The molecular weight excluding hydrogens is 303 g/mol. The number of hydroxylamine groups is 1. The van der Waals surface area contributed by atoms with Crippen LogP contribution in [-0.4, -0.2) is 24.8 Å². The van der Waals surface area contributed by atoms with Crippen molar-refractivity contribution in [2.75, 3.05) is 13.7 Å². The van der Waals surface area contributed by atoms with Gasteiger partial charge < -0.3 is 9.84 Å². The van der Waals surface area contributed by atoms with Gasteiger partial charge in [-0.3, -0.25) is 10.3 Å². The SMILES string of the molecule is C=C(NOCC=Cc1cc(C(F)(F)F)ccc1OC)C(=O)O. The van der Waals surface area contributed by atoms with Crippen molar-refractivity contribution in [1.82, 2.24) is 5.48 Å². The van der Waals surface area contributed by atoms with Crippen molar-refractivity contribution in [1.29, 1.82) is 0 Å². The molecule has 0 unspecified atom stereocenters. The highest BCUT2D eigenvalue weighted by atomic mass is 19.4. The number of alkyl halides is 3. The number of carboxylic acid groups (broad SMARTS) is 1. The molecule has 0 aliphatic heterocycles. The molecule has 1 aromatic carbocycles. The van der Waals surface area contributed by atoms with Crippen molar-refractivity contribution in [2.45, 2.75) is 6.18 Å². The smallest absolute Gasteiger partial charge is 0.416 e. The normalized spacial score (nSPS) is 11.5. The second kappa shape index (κ2) is 7.51. The van der Waals surface area contributed by atoms with Crippen molar-refractivity contribution >= 4 is 12.0 Å². The predicted octanol–water partition coefficient (Wildman–Crippen LogP) is 2.85. The van der Waals surface area contributed by atoms with Gasteiger partial charge in [-0.25, -0.2) is 4.79 Å². The Morgan fingerprint density at radius 2 is 2.14 bits per heavy atom. The lowest BCUT2D eigenvalue weighted by molar-refractivity contribution is -0.137. The molecule has 0 amide bonds. The van der Waals surface area contributed by atoms with E-state index in [0.717, 1.165) is 12.1 Å². The van der Waals surface area contributed by atoms with E-state index in [0.29, 0.717) is 0 Å². The van der Waals surface area contributed by atoms with E-state index in [1.807, 2.05) is 0 Å². The summed E-state index contributed by atoms with van der Waals surface area (Å²) in [7, 11) is 1.34. The first kappa shape index (κ1) is 17.6. The van der Waals surface area contributed by atoms with E-state index >= 15 is 0 Å². The number of halogens is 3. The summed E-state index contributed by atoms with van der Waals surface area (Å²) in [5, 5.41) is 8.51. The summed E-state index contributed by atoms with van der Waals surface area (Å²) in [6.45, 7) is 3.09. The highest BCUT2D eigenvalue weighted by Crippen LogP contribution is 2.32. The Kier molecular flexibility index (Phi) is 6.00. The number of hydrogen-bond donors (Lipinski definition) is 2. The summed E-state index contributed by atoms with van der Waals surface area (Å²) < 4.78 is 42.9. The summed E-state index contributed by atoms with van der Waals surface area (Å²) in [5.74, 6) is -1.00. The van der Waals surface area contributed by atoms with Crippen molar-refractivity contribution in [2.24, 2.45) is 0 Å². The Bertz CT molecular complexity index is 582. The van der Waals surface area contributed by atoms with Crippen molar-refractivity contribution < 1.29 is 32.6 Å². The van der Waals surface area contributed by atoms with E-state index in [1.54, 1.807) is 0 Å². The summed E-state index contributed by atoms with van der Waals surface area (Å²) in [4.78, 5) is 15.2. The zero-order valence-electron chi connectivity index (χ0n) is 11.6. The first-order valence-electron chi connectivity index (χ1n) is 5.97. The number of carboxylic acids is 1. The van der Waals surface area contributed by atoms with Crippen LogP contribution >= 0.6 is 0 Å². The molecular formula is C14H14F3NO4. The predicted molar refractivity (Wildman–Crippen MR) is 72.9 cm³/mol. The molecule has 0 saturated heterocycles. The molecule has 0 atom stereocenters. The molecule has 0 bridgehead atoms. The largest absolute Gasteiger partial charge is 0.496 e. The van der Waals surface area contributed by atoms with Gasteiger partial charge in [0, 0.05) is 5.56 Å². The quantitative estimate of drug-likeness (QED) is 0.460. The molecule has 5 nitrogen and oxygen atoms in total. The molecule has 0 aliphatic carbocycles. The van der Waals surface area contributed by atoms with E-state index in [2.05, 4.69) is 12.1 Å². The Balaban J connectivity index is 2.73. The van der Waals surface area contributed by atoms with Crippen LogP contribution in [0.2, 0.25) is 0 Å². The van der Waals surface area contributed by atoms with Crippen LogP contribution in [0.25, 0.3) is 6.08 Å². The van der Waals surface area contributed by atoms with Crippen molar-refractivity contribution in [3.63, 3.8) is 0 Å². The minimum Gasteiger partial charge on any atom is -0.496 e. The standard InChI is InChI=1S/C14H14F3NO4/c1-9(13(19)20)18-22-7-3-4-10-8-11(14(15,16)17)5-6-12(10)21-2/h3-6,8,18H,1,7H2,2H3,(H,19,20). The number of hydrogen-bond acceptors (Lipinski definition) is 4. The zero-order valence-corrected chi connectivity index (χ0v) is 11.6. The summed E-state index contributed by atoms with van der Waals surface area (Å²) >= 11 is 0. The average Bonchev–Trinajstić information content (AvgIpc) is 2.45. The number of rotatable bonds is 7. The third-order valence-electron chi connectivity index (χ3n) is 2.49. The number of carbonyl (C=O) groups is 1. The Morgan fingerprint density at radius 1 is 1.45 bits per heavy atom. The lowest BCUT2D eigenvalue weighted by Gasteiger charge is -2.10. The fourth-order valence-corrected chi connectivity index (χ4v) is 1.44. The van der Waals surface area contributed by atoms with Crippen LogP contribution in [0.1, 0.15) is 11.1 Å². The van der Waals surface area contributed by atoms with Crippen LogP contribution in [0.5, 0.6) is 5.75 Å². The van der Waals surface area contributed by atoms with Gasteiger partial charge in [0.05, 0.1) is 19.3 Å². The zero-order chi connectivity index (χ0) is 16.8. The maximum atomic E-state index is 12.6. The van der Waals surface area contributed by atoms with Gasteiger partial charge in [-0.05, 0) is 18.2 Å². The summed E-state index contributed by atoms with van der Waals surface area (Å²) in [6.07, 6.45) is -1.68. The summed E-state index contributed by atoms with van der Waals surface area (Å²) in [6, 6.07) is 3.08. The Labute approximate surface area is 124 Å². The van der Waals surface area contributed by atoms with Crippen LogP contribution in [-0.2, 0) is 15.8 Å². The molecule has 1 aromatic rings. The minimum absolute atomic E-state index is 0.0777. The minimum atomic E-state index is -4.45. The highest BCUT2D eigenvalue weighted by molar-refractivity contribution is 5.84. The fourth-order valence-electron chi connectivity index (χ4n) is 1.44. The number of ether oxygens (including phenoxy) is 1. The molecule has 0 spiro atoms. The van der Waals surface area contributed by atoms with E-state index in [-0.39, 0.29) is 23.6 Å². The lowest BCUT2D eigenvalue weighted by Crippen LogP contribution is -2.19. The number of benzene rings is 1. The average molecular weight is 317 g/mol. The van der Waals surface area contributed by atoms with E-state index < -0.39 is 17.7 Å². The number of methoxy groups -OCH3 is 1. The molecule has 0 aliphatic rings. The van der Waals surface area contributed by atoms with Crippen LogP contribution < -0.4 is 10.2 Å². The van der Waals surface area contributed by atoms with Crippen LogP contribution in [0.4, 0.5) is 13.2 Å². The first-order chi connectivity index (χ1) is 10.3. The molecule has 120 valence electrons. The molecule has 0 fully saturated rings. The molecule has 0 heterocycles. The maximum absolute atomic E-state index is 12.6. The molecule has 0 radical (unpaired) electrons. The monoisotopic (exact) mass is 317 g/mol. The second-order valence-electron chi connectivity index (χ2n) is 4.05. The van der Waals surface area contributed by atoms with Gasteiger partial charge in [-0.2, -0.15) is 13.2 Å². The lowest BCUT2D eigenvalue weighted by atomic mass is 10.1. The first-order valence-corrected chi connectivity index (χ1v) is 5.97. The van der Waals surface area contributed by atoms with Crippen LogP contribution in [0.3, 0.4) is 0 Å². The van der Waals surface area contributed by atoms with Crippen molar-refractivity contribution in [3.8, 4) is 5.75 Å². The molecule has 0 aromatic heterocycles. The Hall–Kier alpha value is -2.48. The summed E-state index contributed by atoms with van der Waals surface area (Å²) in [5.41, 5.74) is 1.14. The van der Waals surface area contributed by atoms with E-state index in [1.165, 1.54) is 25.3 Å². The molecule has 2 N–H and O–H groups in total. The molecule has 0 saturated carbocycles. The van der Waals surface area contributed by atoms with E-state index in [9.17, 15) is 18.0 Å². The van der Waals surface area contributed by atoms with Gasteiger partial charge >= 0.3 is 12.1 Å². The van der Waals surface area contributed by atoms with Gasteiger partial charge in [-0.15, -0.1) is 0 Å². The van der Waals surface area contributed by atoms with Gasteiger partial charge in [-0.1, -0.05) is 18.7 Å². The molecule has 22 heavy (non-hydrogen) atoms. The van der Waals surface area contributed by atoms with Crippen molar-refractivity contribution in [3.05, 3.63) is 47.7 Å². The second-order valence-corrected chi connectivity index (χ2v) is 4.05. The number of nitrogens with one attached hydrogen (secondary N) is 1. The Morgan fingerprint density at radius 3 is 2.68 bits per heavy atom. The van der Waals surface area contributed by atoms with E-state index in [4.69, 9.17) is 14.7 Å². The van der Waals surface area contributed by atoms with Crippen LogP contribution in [0.15, 0.2) is 36.6 Å². The fraction of sp³-hybridized carbons (Fsp3) is 0.214. The number of aliphatic carboxylic acids is 1. The third-order valence-corrected chi connectivity index (χ3v) is 2.49. The third kappa shape index (κ3) is 5.13. The molecule has 1 rings (SSSR count). The van der Waals surface area contributed by atoms with Gasteiger partial charge in [0.2, 0.25) is 0 Å². The molecule has 8 heteroatoms. The maximum Gasteiger partial charge on any atom is 0.416 e. The van der Waals surface area contributed by atoms with Gasteiger partial charge in [0.15, 0.2) is 0 Å². The topological polar surface area (TPSA) is 67.8 Å². The highest BCUT2D eigenvalue weighted by Gasteiger charge is 2.30. The van der Waals surface area contributed by atoms with Crippen LogP contribution in [0, 0.1) is 0 Å². The van der Waals surface area contributed by atoms with Gasteiger partial charge in [0.25, 0.3) is 0 Å². The van der Waals surface area contributed by atoms with Gasteiger partial charge in [0.1, 0.15) is 11.4 Å².